The van der Waals surface area contributed by atoms with E-state index in [4.69, 9.17) is 5.73 Å². The standard InChI is InChI=1S/C13H16Br2N2O/c14-8-1-6-11(12(15)7-8)13(18)17-10-4-2-9(16)3-5-10/h1,6-7,9-10H,2-5,16H2,(H,17,18). The van der Waals surface area contributed by atoms with E-state index in [0.29, 0.717) is 11.6 Å². The van der Waals surface area contributed by atoms with Crippen LogP contribution in [0.3, 0.4) is 0 Å². The van der Waals surface area contributed by atoms with E-state index >= 15 is 0 Å². The van der Waals surface area contributed by atoms with Crippen LogP contribution in [0.5, 0.6) is 0 Å². The zero-order chi connectivity index (χ0) is 13.1. The first-order chi connectivity index (χ1) is 8.56. The molecule has 0 spiro atoms. The van der Waals surface area contributed by atoms with Crippen molar-refractivity contribution < 1.29 is 4.79 Å². The van der Waals surface area contributed by atoms with Crippen molar-refractivity contribution in [3.8, 4) is 0 Å². The van der Waals surface area contributed by atoms with Crippen LogP contribution in [-0.2, 0) is 0 Å². The van der Waals surface area contributed by atoms with Gasteiger partial charge in [-0.2, -0.15) is 0 Å². The Bertz CT molecular complexity index is 443. The predicted octanol–water partition coefficient (Wildman–Crippen LogP) is 3.21. The molecule has 1 aliphatic carbocycles. The predicted molar refractivity (Wildman–Crippen MR) is 79.5 cm³/mol. The third kappa shape index (κ3) is 3.56. The van der Waals surface area contributed by atoms with Crippen molar-refractivity contribution in [2.75, 3.05) is 0 Å². The Hall–Kier alpha value is -0.390. The fourth-order valence-electron chi connectivity index (χ4n) is 2.20. The van der Waals surface area contributed by atoms with Gasteiger partial charge in [-0.15, -0.1) is 0 Å². The molecule has 3 N–H and O–H groups in total. The summed E-state index contributed by atoms with van der Waals surface area (Å²) in [6.07, 6.45) is 3.93. The smallest absolute Gasteiger partial charge is 0.252 e. The molecule has 0 atom stereocenters. The summed E-state index contributed by atoms with van der Waals surface area (Å²) in [7, 11) is 0. The second-order valence-corrected chi connectivity index (χ2v) is 6.48. The van der Waals surface area contributed by atoms with E-state index < -0.39 is 0 Å². The molecular formula is C13H16Br2N2O. The summed E-state index contributed by atoms with van der Waals surface area (Å²) < 4.78 is 1.76. The molecule has 0 radical (unpaired) electrons. The monoisotopic (exact) mass is 374 g/mol. The van der Waals surface area contributed by atoms with Gasteiger partial charge >= 0.3 is 0 Å². The van der Waals surface area contributed by atoms with E-state index in [1.165, 1.54) is 0 Å². The Morgan fingerprint density at radius 2 is 1.89 bits per heavy atom. The van der Waals surface area contributed by atoms with Crippen LogP contribution in [0, 0.1) is 0 Å². The number of rotatable bonds is 2. The fraction of sp³-hybridized carbons (Fsp3) is 0.462. The first-order valence-electron chi connectivity index (χ1n) is 6.08. The van der Waals surface area contributed by atoms with Crippen LogP contribution in [0.25, 0.3) is 0 Å². The van der Waals surface area contributed by atoms with E-state index in [9.17, 15) is 4.79 Å². The zero-order valence-electron chi connectivity index (χ0n) is 9.96. The largest absolute Gasteiger partial charge is 0.349 e. The molecule has 1 amide bonds. The number of nitrogens with two attached hydrogens (primary N) is 1. The fourth-order valence-corrected chi connectivity index (χ4v) is 3.43. The first-order valence-corrected chi connectivity index (χ1v) is 7.66. The molecular weight excluding hydrogens is 360 g/mol. The van der Waals surface area contributed by atoms with Gasteiger partial charge in [0.1, 0.15) is 0 Å². The van der Waals surface area contributed by atoms with Crippen molar-refractivity contribution in [3.63, 3.8) is 0 Å². The molecule has 1 aromatic rings. The van der Waals surface area contributed by atoms with Crippen LogP contribution >= 0.6 is 31.9 Å². The second-order valence-electron chi connectivity index (χ2n) is 4.71. The molecule has 1 aliphatic rings. The zero-order valence-corrected chi connectivity index (χ0v) is 13.1. The minimum absolute atomic E-state index is 0.0187. The number of carbonyl (C=O) groups excluding carboxylic acids is 1. The number of hydrogen-bond donors (Lipinski definition) is 2. The molecule has 3 nitrogen and oxygen atoms in total. The van der Waals surface area contributed by atoms with E-state index in [2.05, 4.69) is 37.2 Å². The molecule has 0 saturated heterocycles. The molecule has 5 heteroatoms. The first kappa shape index (κ1) is 14.0. The molecule has 0 heterocycles. The lowest BCUT2D eigenvalue weighted by Gasteiger charge is -2.26. The quantitative estimate of drug-likeness (QED) is 0.833. The highest BCUT2D eigenvalue weighted by Gasteiger charge is 2.21. The van der Waals surface area contributed by atoms with Crippen LogP contribution < -0.4 is 11.1 Å². The average Bonchev–Trinajstić information content (AvgIpc) is 2.32. The average molecular weight is 376 g/mol. The van der Waals surface area contributed by atoms with Crippen LogP contribution in [-0.4, -0.2) is 18.0 Å². The van der Waals surface area contributed by atoms with Gasteiger partial charge in [-0.3, -0.25) is 4.79 Å². The van der Waals surface area contributed by atoms with Gasteiger partial charge in [-0.1, -0.05) is 15.9 Å². The van der Waals surface area contributed by atoms with E-state index in [0.717, 1.165) is 34.6 Å². The maximum Gasteiger partial charge on any atom is 0.252 e. The summed E-state index contributed by atoms with van der Waals surface area (Å²) in [4.78, 5) is 12.1. The van der Waals surface area contributed by atoms with Crippen LogP contribution in [0.15, 0.2) is 27.1 Å². The Labute approximate surface area is 124 Å². The molecule has 0 bridgehead atoms. The van der Waals surface area contributed by atoms with E-state index in [1.807, 2.05) is 18.2 Å². The Balaban J connectivity index is 1.99. The van der Waals surface area contributed by atoms with Crippen molar-refractivity contribution in [2.24, 2.45) is 5.73 Å². The van der Waals surface area contributed by atoms with Crippen molar-refractivity contribution >= 4 is 37.8 Å². The summed E-state index contributed by atoms with van der Waals surface area (Å²) in [5, 5.41) is 3.08. The number of amides is 1. The van der Waals surface area contributed by atoms with Crippen molar-refractivity contribution in [1.29, 1.82) is 0 Å². The number of nitrogens with one attached hydrogen (secondary N) is 1. The molecule has 2 rings (SSSR count). The molecule has 1 saturated carbocycles. The second kappa shape index (κ2) is 6.17. The third-order valence-corrected chi connectivity index (χ3v) is 4.43. The summed E-state index contributed by atoms with van der Waals surface area (Å²) in [6, 6.07) is 6.13. The summed E-state index contributed by atoms with van der Waals surface area (Å²) in [5.74, 6) is -0.0187. The van der Waals surface area contributed by atoms with Crippen LogP contribution in [0.2, 0.25) is 0 Å². The summed E-state index contributed by atoms with van der Waals surface area (Å²) in [6.45, 7) is 0. The van der Waals surface area contributed by atoms with E-state index in [1.54, 1.807) is 0 Å². The van der Waals surface area contributed by atoms with Crippen molar-refractivity contribution in [1.82, 2.24) is 5.32 Å². The van der Waals surface area contributed by atoms with Gasteiger partial charge in [0.25, 0.3) is 5.91 Å². The Morgan fingerprint density at radius 1 is 1.22 bits per heavy atom. The molecule has 0 aromatic heterocycles. The van der Waals surface area contributed by atoms with E-state index in [-0.39, 0.29) is 11.9 Å². The minimum Gasteiger partial charge on any atom is -0.349 e. The van der Waals surface area contributed by atoms with Crippen LogP contribution in [0.1, 0.15) is 36.0 Å². The van der Waals surface area contributed by atoms with Crippen molar-refractivity contribution in [3.05, 3.63) is 32.7 Å². The Kier molecular flexibility index (Phi) is 4.81. The maximum atomic E-state index is 12.1. The number of hydrogen-bond acceptors (Lipinski definition) is 2. The number of carbonyl (C=O) groups is 1. The normalized spacial score (nSPS) is 23.7. The summed E-state index contributed by atoms with van der Waals surface area (Å²) in [5.41, 5.74) is 6.53. The molecule has 18 heavy (non-hydrogen) atoms. The third-order valence-electron chi connectivity index (χ3n) is 3.28. The SMILES string of the molecule is NC1CCC(NC(=O)c2ccc(Br)cc2Br)CC1. The van der Waals surface area contributed by atoms with Gasteiger partial charge in [0.2, 0.25) is 0 Å². The molecule has 1 fully saturated rings. The van der Waals surface area contributed by atoms with Crippen molar-refractivity contribution in [2.45, 2.75) is 37.8 Å². The van der Waals surface area contributed by atoms with Gasteiger partial charge < -0.3 is 11.1 Å². The lowest BCUT2D eigenvalue weighted by atomic mass is 9.91. The topological polar surface area (TPSA) is 55.1 Å². The molecule has 0 aliphatic heterocycles. The van der Waals surface area contributed by atoms with Gasteiger partial charge in [0, 0.05) is 21.0 Å². The van der Waals surface area contributed by atoms with Gasteiger partial charge in [0.05, 0.1) is 5.56 Å². The van der Waals surface area contributed by atoms with Crippen LogP contribution in [0.4, 0.5) is 0 Å². The number of halogens is 2. The highest BCUT2D eigenvalue weighted by Crippen LogP contribution is 2.23. The highest BCUT2D eigenvalue weighted by atomic mass is 79.9. The van der Waals surface area contributed by atoms with Gasteiger partial charge in [-0.25, -0.2) is 0 Å². The molecule has 1 aromatic carbocycles. The van der Waals surface area contributed by atoms with Gasteiger partial charge in [0.15, 0.2) is 0 Å². The lowest BCUT2D eigenvalue weighted by molar-refractivity contribution is 0.0925. The van der Waals surface area contributed by atoms with Gasteiger partial charge in [-0.05, 0) is 59.8 Å². The number of benzene rings is 1. The minimum atomic E-state index is -0.0187. The molecule has 98 valence electrons. The summed E-state index contributed by atoms with van der Waals surface area (Å²) >= 11 is 6.79. The maximum absolute atomic E-state index is 12.1. The Morgan fingerprint density at radius 3 is 2.50 bits per heavy atom. The lowest BCUT2D eigenvalue weighted by Crippen LogP contribution is -2.40. The molecule has 0 unspecified atom stereocenters. The highest BCUT2D eigenvalue weighted by molar-refractivity contribution is 9.11.